The van der Waals surface area contributed by atoms with E-state index in [-0.39, 0.29) is 0 Å². The van der Waals surface area contributed by atoms with Crippen molar-refractivity contribution in [3.05, 3.63) is 28.8 Å². The smallest absolute Gasteiger partial charge is 0.120 e. The predicted octanol–water partition coefficient (Wildman–Crippen LogP) is 3.19. The zero-order valence-electron chi connectivity index (χ0n) is 9.75. The number of ether oxygens (including phenoxy) is 1. The summed E-state index contributed by atoms with van der Waals surface area (Å²) in [5.41, 5.74) is 1.13. The van der Waals surface area contributed by atoms with Gasteiger partial charge in [-0.2, -0.15) is 0 Å². The molecule has 1 rings (SSSR count). The highest BCUT2D eigenvalue weighted by atomic mass is 35.5. The molecule has 0 aliphatic rings. The molecule has 0 spiro atoms. The largest absolute Gasteiger partial charge is 0.497 e. The topological polar surface area (TPSA) is 12.5 Å². The SMILES string of the molecule is COc1ccc(CN(C)C(C)C)c(Cl)c1. The maximum absolute atomic E-state index is 6.15. The Morgan fingerprint density at radius 3 is 2.53 bits per heavy atom. The van der Waals surface area contributed by atoms with Crippen molar-refractivity contribution in [2.45, 2.75) is 26.4 Å². The summed E-state index contributed by atoms with van der Waals surface area (Å²) in [6.45, 7) is 5.19. The van der Waals surface area contributed by atoms with Gasteiger partial charge in [0.25, 0.3) is 0 Å². The standard InChI is InChI=1S/C12H18ClNO/c1-9(2)14(3)8-10-5-6-11(15-4)7-12(10)13/h5-7,9H,8H2,1-4H3. The van der Waals surface area contributed by atoms with E-state index in [1.807, 2.05) is 18.2 Å². The Hall–Kier alpha value is -0.730. The zero-order valence-corrected chi connectivity index (χ0v) is 10.5. The van der Waals surface area contributed by atoms with Crippen molar-refractivity contribution in [2.24, 2.45) is 0 Å². The molecule has 0 radical (unpaired) electrons. The molecule has 0 saturated heterocycles. The minimum atomic E-state index is 0.517. The summed E-state index contributed by atoms with van der Waals surface area (Å²) in [5.74, 6) is 0.802. The van der Waals surface area contributed by atoms with Crippen molar-refractivity contribution < 1.29 is 4.74 Å². The zero-order chi connectivity index (χ0) is 11.4. The van der Waals surface area contributed by atoms with Gasteiger partial charge in [0.1, 0.15) is 5.75 Å². The second-order valence-corrected chi connectivity index (χ2v) is 4.37. The molecule has 0 atom stereocenters. The Balaban J connectivity index is 2.78. The van der Waals surface area contributed by atoms with Crippen LogP contribution in [0.5, 0.6) is 5.75 Å². The van der Waals surface area contributed by atoms with Gasteiger partial charge in [0, 0.05) is 17.6 Å². The molecular formula is C12H18ClNO. The van der Waals surface area contributed by atoms with Gasteiger partial charge in [-0.15, -0.1) is 0 Å². The molecule has 0 amide bonds. The van der Waals surface area contributed by atoms with Crippen molar-refractivity contribution in [1.29, 1.82) is 0 Å². The van der Waals surface area contributed by atoms with Gasteiger partial charge in [0.05, 0.1) is 7.11 Å². The second-order valence-electron chi connectivity index (χ2n) is 3.97. The Labute approximate surface area is 96.8 Å². The van der Waals surface area contributed by atoms with Gasteiger partial charge >= 0.3 is 0 Å². The van der Waals surface area contributed by atoms with E-state index >= 15 is 0 Å². The molecule has 0 aliphatic carbocycles. The van der Waals surface area contributed by atoms with Crippen molar-refractivity contribution in [2.75, 3.05) is 14.2 Å². The monoisotopic (exact) mass is 227 g/mol. The highest BCUT2D eigenvalue weighted by Gasteiger charge is 2.07. The van der Waals surface area contributed by atoms with Gasteiger partial charge in [-0.25, -0.2) is 0 Å². The quantitative estimate of drug-likeness (QED) is 0.784. The lowest BCUT2D eigenvalue weighted by Gasteiger charge is -2.21. The Morgan fingerprint density at radius 2 is 2.07 bits per heavy atom. The van der Waals surface area contributed by atoms with E-state index in [1.54, 1.807) is 7.11 Å². The van der Waals surface area contributed by atoms with Crippen LogP contribution in [0.15, 0.2) is 18.2 Å². The first-order valence-electron chi connectivity index (χ1n) is 5.07. The molecule has 1 aromatic carbocycles. The first kappa shape index (κ1) is 12.3. The highest BCUT2D eigenvalue weighted by Crippen LogP contribution is 2.23. The summed E-state index contributed by atoms with van der Waals surface area (Å²) in [5, 5.41) is 0.766. The second kappa shape index (κ2) is 5.38. The van der Waals surface area contributed by atoms with Gasteiger partial charge in [0.15, 0.2) is 0 Å². The molecule has 15 heavy (non-hydrogen) atoms. The first-order valence-corrected chi connectivity index (χ1v) is 5.45. The fourth-order valence-corrected chi connectivity index (χ4v) is 1.46. The predicted molar refractivity (Wildman–Crippen MR) is 64.6 cm³/mol. The molecule has 0 aliphatic heterocycles. The molecule has 0 fully saturated rings. The fraction of sp³-hybridized carbons (Fsp3) is 0.500. The molecule has 84 valence electrons. The number of benzene rings is 1. The van der Waals surface area contributed by atoms with Crippen molar-refractivity contribution in [1.82, 2.24) is 4.90 Å². The lowest BCUT2D eigenvalue weighted by Crippen LogP contribution is -2.25. The van der Waals surface area contributed by atoms with Crippen LogP contribution in [-0.4, -0.2) is 25.1 Å². The number of rotatable bonds is 4. The third-order valence-corrected chi connectivity index (χ3v) is 2.91. The number of hydrogen-bond donors (Lipinski definition) is 0. The Kier molecular flexibility index (Phi) is 4.43. The molecule has 1 aromatic rings. The third-order valence-electron chi connectivity index (χ3n) is 2.56. The van der Waals surface area contributed by atoms with Gasteiger partial charge in [0.2, 0.25) is 0 Å². The number of methoxy groups -OCH3 is 1. The van der Waals surface area contributed by atoms with E-state index in [0.717, 1.165) is 22.9 Å². The minimum Gasteiger partial charge on any atom is -0.497 e. The molecule has 2 nitrogen and oxygen atoms in total. The molecular weight excluding hydrogens is 210 g/mol. The van der Waals surface area contributed by atoms with E-state index < -0.39 is 0 Å². The number of hydrogen-bond acceptors (Lipinski definition) is 2. The Morgan fingerprint density at radius 1 is 1.40 bits per heavy atom. The van der Waals surface area contributed by atoms with E-state index in [9.17, 15) is 0 Å². The summed E-state index contributed by atoms with van der Waals surface area (Å²) in [6.07, 6.45) is 0. The van der Waals surface area contributed by atoms with Crippen LogP contribution in [0.3, 0.4) is 0 Å². The van der Waals surface area contributed by atoms with Crippen LogP contribution >= 0.6 is 11.6 Å². The minimum absolute atomic E-state index is 0.517. The van der Waals surface area contributed by atoms with E-state index in [2.05, 4.69) is 25.8 Å². The van der Waals surface area contributed by atoms with Crippen molar-refractivity contribution >= 4 is 11.6 Å². The van der Waals surface area contributed by atoms with Crippen LogP contribution < -0.4 is 4.74 Å². The van der Waals surface area contributed by atoms with E-state index in [0.29, 0.717) is 6.04 Å². The number of nitrogens with zero attached hydrogens (tertiary/aromatic N) is 1. The maximum Gasteiger partial charge on any atom is 0.120 e. The summed E-state index contributed by atoms with van der Waals surface area (Å²) in [6, 6.07) is 6.32. The molecule has 0 unspecified atom stereocenters. The van der Waals surface area contributed by atoms with Crippen LogP contribution in [0.25, 0.3) is 0 Å². The average Bonchev–Trinajstić information content (AvgIpc) is 2.20. The molecule has 0 bridgehead atoms. The fourth-order valence-electron chi connectivity index (χ4n) is 1.23. The van der Waals surface area contributed by atoms with Crippen LogP contribution in [0.4, 0.5) is 0 Å². The molecule has 0 aromatic heterocycles. The van der Waals surface area contributed by atoms with Crippen LogP contribution in [-0.2, 0) is 6.54 Å². The van der Waals surface area contributed by atoms with Gasteiger partial charge in [-0.05, 0) is 38.6 Å². The highest BCUT2D eigenvalue weighted by molar-refractivity contribution is 6.31. The van der Waals surface area contributed by atoms with Crippen LogP contribution in [0.1, 0.15) is 19.4 Å². The lowest BCUT2D eigenvalue weighted by molar-refractivity contribution is 0.266. The molecule has 0 saturated carbocycles. The van der Waals surface area contributed by atoms with Crippen molar-refractivity contribution in [3.63, 3.8) is 0 Å². The van der Waals surface area contributed by atoms with E-state index in [4.69, 9.17) is 16.3 Å². The number of halogens is 1. The maximum atomic E-state index is 6.15. The van der Waals surface area contributed by atoms with Gasteiger partial charge in [-0.3, -0.25) is 4.90 Å². The van der Waals surface area contributed by atoms with Gasteiger partial charge in [-0.1, -0.05) is 17.7 Å². The van der Waals surface area contributed by atoms with E-state index in [1.165, 1.54) is 0 Å². The molecule has 0 N–H and O–H groups in total. The third kappa shape index (κ3) is 3.40. The van der Waals surface area contributed by atoms with Crippen LogP contribution in [0.2, 0.25) is 5.02 Å². The normalized spacial score (nSPS) is 11.1. The molecule has 3 heteroatoms. The summed E-state index contributed by atoms with van der Waals surface area (Å²) >= 11 is 6.15. The average molecular weight is 228 g/mol. The Bertz CT molecular complexity index is 325. The lowest BCUT2D eigenvalue weighted by atomic mass is 10.2. The van der Waals surface area contributed by atoms with Crippen LogP contribution in [0, 0.1) is 0 Å². The molecule has 0 heterocycles. The first-order chi connectivity index (χ1) is 7.04. The summed E-state index contributed by atoms with van der Waals surface area (Å²) in [4.78, 5) is 2.24. The van der Waals surface area contributed by atoms with Crippen molar-refractivity contribution in [3.8, 4) is 5.75 Å². The summed E-state index contributed by atoms with van der Waals surface area (Å²) < 4.78 is 5.10. The van der Waals surface area contributed by atoms with Gasteiger partial charge < -0.3 is 4.74 Å². The summed E-state index contributed by atoms with van der Waals surface area (Å²) in [7, 11) is 3.73.